The van der Waals surface area contributed by atoms with Crippen LogP contribution in [0.2, 0.25) is 0 Å². The summed E-state index contributed by atoms with van der Waals surface area (Å²) in [7, 11) is 0. The van der Waals surface area contributed by atoms with E-state index in [4.69, 9.17) is 0 Å². The van der Waals surface area contributed by atoms with Crippen molar-refractivity contribution >= 4 is 17.7 Å². The Bertz CT molecular complexity index is 497. The SMILES string of the molecule is CCCCCC[C@@H](O)CC=CCCCCCCC(C)(C(C)=O)C(=O)OC(C)=O. The topological polar surface area (TPSA) is 80.7 Å². The Kier molecular flexibility index (Phi) is 14.6. The minimum absolute atomic E-state index is 0.230. The largest absolute Gasteiger partial charge is 0.393 e. The lowest BCUT2D eigenvalue weighted by Gasteiger charge is -2.23. The van der Waals surface area contributed by atoms with Crippen LogP contribution in [0.4, 0.5) is 0 Å². The highest BCUT2D eigenvalue weighted by atomic mass is 16.6. The van der Waals surface area contributed by atoms with E-state index in [1.54, 1.807) is 6.92 Å². The van der Waals surface area contributed by atoms with Crippen molar-refractivity contribution in [2.45, 2.75) is 111 Å². The maximum atomic E-state index is 12.0. The van der Waals surface area contributed by atoms with E-state index in [9.17, 15) is 19.5 Å². The molecule has 2 atom stereocenters. The third-order valence-corrected chi connectivity index (χ3v) is 5.23. The predicted molar refractivity (Wildman–Crippen MR) is 112 cm³/mol. The molecular formula is C23H40O5. The van der Waals surface area contributed by atoms with Crippen LogP contribution in [0.25, 0.3) is 0 Å². The molecule has 28 heavy (non-hydrogen) atoms. The molecule has 0 fully saturated rings. The lowest BCUT2D eigenvalue weighted by molar-refractivity contribution is -0.167. The molecule has 0 aromatic carbocycles. The number of esters is 2. The van der Waals surface area contributed by atoms with Gasteiger partial charge < -0.3 is 9.84 Å². The number of carbonyl (C=O) groups is 3. The summed E-state index contributed by atoms with van der Waals surface area (Å²) in [5, 5.41) is 9.90. The molecule has 0 rings (SSSR count). The summed E-state index contributed by atoms with van der Waals surface area (Å²) in [6, 6.07) is 0. The predicted octanol–water partition coefficient (Wildman–Crippen LogP) is 5.29. The number of allylic oxidation sites excluding steroid dienone is 1. The Morgan fingerprint density at radius 3 is 2.21 bits per heavy atom. The molecule has 0 saturated heterocycles. The van der Waals surface area contributed by atoms with E-state index >= 15 is 0 Å². The fourth-order valence-corrected chi connectivity index (χ4v) is 3.06. The smallest absolute Gasteiger partial charge is 0.326 e. The van der Waals surface area contributed by atoms with Crippen molar-refractivity contribution in [1.29, 1.82) is 0 Å². The van der Waals surface area contributed by atoms with Gasteiger partial charge in [-0.25, -0.2) is 0 Å². The summed E-state index contributed by atoms with van der Waals surface area (Å²) in [6.45, 7) is 6.27. The third kappa shape index (κ3) is 12.1. The first-order valence-corrected chi connectivity index (χ1v) is 10.8. The number of aliphatic hydroxyl groups excluding tert-OH is 1. The van der Waals surface area contributed by atoms with Gasteiger partial charge in [0.2, 0.25) is 0 Å². The Morgan fingerprint density at radius 2 is 1.61 bits per heavy atom. The van der Waals surface area contributed by atoms with Gasteiger partial charge in [-0.3, -0.25) is 14.4 Å². The first kappa shape index (κ1) is 26.5. The average molecular weight is 397 g/mol. The van der Waals surface area contributed by atoms with E-state index in [1.807, 2.05) is 0 Å². The van der Waals surface area contributed by atoms with Gasteiger partial charge in [0.25, 0.3) is 0 Å². The lowest BCUT2D eigenvalue weighted by Crippen LogP contribution is -2.37. The summed E-state index contributed by atoms with van der Waals surface area (Å²) in [4.78, 5) is 34.8. The zero-order chi connectivity index (χ0) is 21.4. The number of ether oxygens (including phenoxy) is 1. The van der Waals surface area contributed by atoms with E-state index < -0.39 is 17.4 Å². The highest BCUT2D eigenvalue weighted by Crippen LogP contribution is 2.28. The highest BCUT2D eigenvalue weighted by Gasteiger charge is 2.40. The van der Waals surface area contributed by atoms with E-state index in [-0.39, 0.29) is 11.9 Å². The number of unbranched alkanes of at least 4 members (excludes halogenated alkanes) is 7. The second-order valence-corrected chi connectivity index (χ2v) is 7.93. The number of rotatable bonds is 16. The summed E-state index contributed by atoms with van der Waals surface area (Å²) < 4.78 is 4.63. The Hall–Kier alpha value is -1.49. The van der Waals surface area contributed by atoms with Crippen LogP contribution in [0.5, 0.6) is 0 Å². The van der Waals surface area contributed by atoms with Gasteiger partial charge in [-0.1, -0.05) is 64.0 Å². The molecule has 0 heterocycles. The second-order valence-electron chi connectivity index (χ2n) is 7.93. The monoisotopic (exact) mass is 396 g/mol. The molecule has 1 N–H and O–H groups in total. The number of carbonyl (C=O) groups excluding carboxylic acids is 3. The number of Topliss-reactive ketones (excluding diaryl/α,β-unsaturated/α-hetero) is 1. The minimum atomic E-state index is -1.24. The van der Waals surface area contributed by atoms with Crippen LogP contribution in [0.1, 0.15) is 105 Å². The van der Waals surface area contributed by atoms with Crippen molar-refractivity contribution in [2.75, 3.05) is 0 Å². The maximum Gasteiger partial charge on any atom is 0.326 e. The fourth-order valence-electron chi connectivity index (χ4n) is 3.06. The zero-order valence-corrected chi connectivity index (χ0v) is 18.3. The first-order valence-electron chi connectivity index (χ1n) is 10.8. The highest BCUT2D eigenvalue weighted by molar-refractivity contribution is 6.04. The fraction of sp³-hybridized carbons (Fsp3) is 0.783. The van der Waals surface area contributed by atoms with E-state index in [0.717, 1.165) is 58.3 Å². The quantitative estimate of drug-likeness (QED) is 0.166. The molecule has 0 spiro atoms. The van der Waals surface area contributed by atoms with Gasteiger partial charge in [0.05, 0.1) is 6.10 Å². The molecule has 5 heteroatoms. The van der Waals surface area contributed by atoms with Gasteiger partial charge in [0.15, 0.2) is 0 Å². The number of ketones is 1. The molecule has 162 valence electrons. The van der Waals surface area contributed by atoms with Gasteiger partial charge >= 0.3 is 11.9 Å². The van der Waals surface area contributed by atoms with Gasteiger partial charge in [-0.05, 0) is 46.0 Å². The van der Waals surface area contributed by atoms with Crippen LogP contribution in [-0.4, -0.2) is 28.9 Å². The normalized spacial score (nSPS) is 14.6. The van der Waals surface area contributed by atoms with E-state index in [1.165, 1.54) is 26.2 Å². The van der Waals surface area contributed by atoms with Crippen molar-refractivity contribution in [1.82, 2.24) is 0 Å². The van der Waals surface area contributed by atoms with Crippen LogP contribution in [0.3, 0.4) is 0 Å². The molecule has 0 aromatic rings. The summed E-state index contributed by atoms with van der Waals surface area (Å²) in [6.07, 6.45) is 15.4. The molecule has 0 saturated carbocycles. The average Bonchev–Trinajstić information content (AvgIpc) is 2.62. The van der Waals surface area contributed by atoms with Crippen molar-refractivity contribution in [2.24, 2.45) is 5.41 Å². The number of aliphatic hydroxyl groups is 1. The zero-order valence-electron chi connectivity index (χ0n) is 18.3. The Balaban J connectivity index is 3.90. The van der Waals surface area contributed by atoms with Crippen LogP contribution >= 0.6 is 0 Å². The summed E-state index contributed by atoms with van der Waals surface area (Å²) in [5.41, 5.74) is -1.24. The minimum Gasteiger partial charge on any atom is -0.393 e. The Labute approximate surface area is 170 Å². The van der Waals surface area contributed by atoms with Gasteiger partial charge in [-0.2, -0.15) is 0 Å². The van der Waals surface area contributed by atoms with Crippen molar-refractivity contribution < 1.29 is 24.2 Å². The van der Waals surface area contributed by atoms with E-state index in [2.05, 4.69) is 23.8 Å². The number of hydrogen-bond donors (Lipinski definition) is 1. The molecule has 0 bridgehead atoms. The third-order valence-electron chi connectivity index (χ3n) is 5.23. The Morgan fingerprint density at radius 1 is 0.964 bits per heavy atom. The molecule has 0 aliphatic carbocycles. The van der Waals surface area contributed by atoms with Crippen LogP contribution < -0.4 is 0 Å². The number of hydrogen-bond acceptors (Lipinski definition) is 5. The molecule has 0 aromatic heterocycles. The van der Waals surface area contributed by atoms with Gasteiger partial charge in [0.1, 0.15) is 11.2 Å². The van der Waals surface area contributed by atoms with Crippen LogP contribution in [0, 0.1) is 5.41 Å². The van der Waals surface area contributed by atoms with Crippen LogP contribution in [-0.2, 0) is 19.1 Å². The molecule has 0 radical (unpaired) electrons. The molecule has 0 aliphatic rings. The van der Waals surface area contributed by atoms with Gasteiger partial charge in [-0.15, -0.1) is 0 Å². The van der Waals surface area contributed by atoms with Crippen molar-refractivity contribution in [3.05, 3.63) is 12.2 Å². The second kappa shape index (κ2) is 15.4. The van der Waals surface area contributed by atoms with E-state index in [0.29, 0.717) is 6.42 Å². The van der Waals surface area contributed by atoms with Crippen molar-refractivity contribution in [3.8, 4) is 0 Å². The lowest BCUT2D eigenvalue weighted by atomic mass is 9.81. The molecule has 0 aliphatic heterocycles. The first-order chi connectivity index (χ1) is 13.2. The molecule has 0 amide bonds. The molecule has 1 unspecified atom stereocenters. The summed E-state index contributed by atoms with van der Waals surface area (Å²) >= 11 is 0. The summed E-state index contributed by atoms with van der Waals surface area (Å²) in [5.74, 6) is -1.70. The molecule has 5 nitrogen and oxygen atoms in total. The van der Waals surface area contributed by atoms with Crippen molar-refractivity contribution in [3.63, 3.8) is 0 Å². The van der Waals surface area contributed by atoms with Gasteiger partial charge in [0, 0.05) is 6.92 Å². The maximum absolute atomic E-state index is 12.0. The molecular weight excluding hydrogens is 356 g/mol. The van der Waals surface area contributed by atoms with Crippen LogP contribution in [0.15, 0.2) is 12.2 Å². The standard InChI is InChI=1S/C23H40O5/c1-5-6-7-13-16-21(26)17-14-11-9-8-10-12-15-18-23(4,19(2)24)22(27)28-20(3)25/h11,14,21,26H,5-10,12-13,15-18H2,1-4H3/t21-,23?/m1/s1.